The van der Waals surface area contributed by atoms with E-state index in [0.29, 0.717) is 19.6 Å². The zero-order chi connectivity index (χ0) is 19.2. The molecule has 0 atom stereocenters. The molecule has 1 heterocycles. The average Bonchev–Trinajstić information content (AvgIpc) is 2.59. The predicted molar refractivity (Wildman–Crippen MR) is 106 cm³/mol. The number of nitrogens with zero attached hydrogens (tertiary/aromatic N) is 2. The fourth-order valence-electron chi connectivity index (χ4n) is 2.92. The number of hydrogen-bond acceptors (Lipinski definition) is 4. The quantitative estimate of drug-likeness (QED) is 0.466. The Morgan fingerprint density at radius 2 is 2.15 bits per heavy atom. The first-order chi connectivity index (χ1) is 12.3. The highest BCUT2D eigenvalue weighted by atomic mass is 32.2. The lowest BCUT2D eigenvalue weighted by molar-refractivity contribution is 0.309. The largest absolute Gasteiger partial charge is 0.494 e. The van der Waals surface area contributed by atoms with Crippen LogP contribution < -0.4 is 10.1 Å². The van der Waals surface area contributed by atoms with Crippen LogP contribution in [0.3, 0.4) is 0 Å². The third kappa shape index (κ3) is 5.13. The molecule has 0 radical (unpaired) electrons. The zero-order valence-corrected chi connectivity index (χ0v) is 17.1. The van der Waals surface area contributed by atoms with Crippen molar-refractivity contribution in [3.63, 3.8) is 0 Å². The number of hydrogen-bond donors (Lipinski definition) is 1. The van der Waals surface area contributed by atoms with Crippen LogP contribution in [0.25, 0.3) is 0 Å². The van der Waals surface area contributed by atoms with Gasteiger partial charge in [-0.1, -0.05) is 25.5 Å². The number of sulfone groups is 1. The van der Waals surface area contributed by atoms with Crippen LogP contribution in [0.15, 0.2) is 29.3 Å². The summed E-state index contributed by atoms with van der Waals surface area (Å²) in [6, 6.07) is 8.02. The van der Waals surface area contributed by atoms with Gasteiger partial charge in [0.05, 0.1) is 17.1 Å². The summed E-state index contributed by atoms with van der Waals surface area (Å²) < 4.78 is 29.4. The highest BCUT2D eigenvalue weighted by molar-refractivity contribution is 7.92. The standard InChI is InChI=1S/C19H31N3O3S/c1-5-6-11-25-17-9-7-8-16(13-17)14-21-18(20-4)22-10-12-26(23,24)19(2,3)15-22/h7-9,13H,5-6,10-12,14-15H2,1-4H3,(H,20,21). The van der Waals surface area contributed by atoms with E-state index >= 15 is 0 Å². The fourth-order valence-corrected chi connectivity index (χ4v) is 4.28. The van der Waals surface area contributed by atoms with E-state index in [1.54, 1.807) is 20.9 Å². The van der Waals surface area contributed by atoms with Gasteiger partial charge < -0.3 is 15.0 Å². The van der Waals surface area contributed by atoms with Crippen molar-refractivity contribution in [2.75, 3.05) is 32.5 Å². The minimum Gasteiger partial charge on any atom is -0.494 e. The van der Waals surface area contributed by atoms with E-state index in [2.05, 4.69) is 17.2 Å². The minimum atomic E-state index is -3.06. The molecule has 1 N–H and O–H groups in total. The summed E-state index contributed by atoms with van der Waals surface area (Å²) in [5.74, 6) is 1.75. The van der Waals surface area contributed by atoms with Crippen molar-refractivity contribution in [1.82, 2.24) is 10.2 Å². The first-order valence-electron chi connectivity index (χ1n) is 9.18. The van der Waals surface area contributed by atoms with E-state index in [0.717, 1.165) is 36.7 Å². The molecule has 6 nitrogen and oxygen atoms in total. The van der Waals surface area contributed by atoms with E-state index in [9.17, 15) is 8.42 Å². The van der Waals surface area contributed by atoms with Crippen molar-refractivity contribution in [2.24, 2.45) is 4.99 Å². The van der Waals surface area contributed by atoms with Crippen molar-refractivity contribution in [3.8, 4) is 5.75 Å². The Labute approximate surface area is 157 Å². The van der Waals surface area contributed by atoms with Gasteiger partial charge in [0.25, 0.3) is 0 Å². The van der Waals surface area contributed by atoms with Gasteiger partial charge in [-0.25, -0.2) is 8.42 Å². The maximum absolute atomic E-state index is 12.2. The van der Waals surface area contributed by atoms with Crippen LogP contribution >= 0.6 is 0 Å². The Morgan fingerprint density at radius 1 is 1.38 bits per heavy atom. The third-order valence-corrected chi connectivity index (χ3v) is 7.20. The Balaban J connectivity index is 1.96. The lowest BCUT2D eigenvalue weighted by Crippen LogP contribution is -2.57. The molecule has 0 amide bonds. The molecular weight excluding hydrogens is 350 g/mol. The number of guanidine groups is 1. The van der Waals surface area contributed by atoms with E-state index in [4.69, 9.17) is 4.74 Å². The second-order valence-corrected chi connectivity index (χ2v) is 9.99. The van der Waals surface area contributed by atoms with Gasteiger partial charge in [-0.3, -0.25) is 4.99 Å². The number of unbranched alkanes of at least 4 members (excludes halogenated alkanes) is 1. The molecule has 1 aliphatic rings. The Kier molecular flexibility index (Phi) is 6.92. The number of benzene rings is 1. The summed E-state index contributed by atoms with van der Waals surface area (Å²) in [4.78, 5) is 6.35. The van der Waals surface area contributed by atoms with Gasteiger partial charge in [0.2, 0.25) is 0 Å². The maximum Gasteiger partial charge on any atom is 0.193 e. The topological polar surface area (TPSA) is 71.0 Å². The molecule has 2 rings (SSSR count). The highest BCUT2D eigenvalue weighted by Gasteiger charge is 2.40. The molecule has 7 heteroatoms. The van der Waals surface area contributed by atoms with Crippen LogP contribution in [0.4, 0.5) is 0 Å². The molecule has 1 fully saturated rings. The summed E-state index contributed by atoms with van der Waals surface area (Å²) in [6.07, 6.45) is 2.16. The normalized spacial score (nSPS) is 19.2. The molecule has 0 unspecified atom stereocenters. The van der Waals surface area contributed by atoms with Crippen LogP contribution in [0.5, 0.6) is 5.75 Å². The van der Waals surface area contributed by atoms with Crippen molar-refractivity contribution < 1.29 is 13.2 Å². The maximum atomic E-state index is 12.2. The summed E-state index contributed by atoms with van der Waals surface area (Å²) in [7, 11) is -1.34. The van der Waals surface area contributed by atoms with Gasteiger partial charge >= 0.3 is 0 Å². The van der Waals surface area contributed by atoms with Crippen molar-refractivity contribution in [3.05, 3.63) is 29.8 Å². The van der Waals surface area contributed by atoms with E-state index < -0.39 is 14.6 Å². The highest BCUT2D eigenvalue weighted by Crippen LogP contribution is 2.23. The average molecular weight is 382 g/mol. The van der Waals surface area contributed by atoms with Crippen molar-refractivity contribution >= 4 is 15.8 Å². The number of ether oxygens (including phenoxy) is 1. The van der Waals surface area contributed by atoms with Gasteiger partial charge in [0.1, 0.15) is 5.75 Å². The molecule has 0 spiro atoms. The Hall–Kier alpha value is -1.76. The van der Waals surface area contributed by atoms with Gasteiger partial charge in [-0.05, 0) is 38.0 Å². The molecule has 0 bridgehead atoms. The van der Waals surface area contributed by atoms with Gasteiger partial charge in [-0.2, -0.15) is 0 Å². The second-order valence-electron chi connectivity index (χ2n) is 7.25. The predicted octanol–water partition coefficient (Wildman–Crippen LogP) is 2.45. The fraction of sp³-hybridized carbons (Fsp3) is 0.632. The lowest BCUT2D eigenvalue weighted by atomic mass is 10.2. The molecule has 0 aliphatic carbocycles. The van der Waals surface area contributed by atoms with Crippen molar-refractivity contribution in [2.45, 2.75) is 44.9 Å². The molecule has 1 aromatic rings. The monoisotopic (exact) mass is 381 g/mol. The van der Waals surface area contributed by atoms with Crippen LogP contribution in [0.1, 0.15) is 39.2 Å². The Morgan fingerprint density at radius 3 is 2.81 bits per heavy atom. The smallest absolute Gasteiger partial charge is 0.193 e. The lowest BCUT2D eigenvalue weighted by Gasteiger charge is -2.39. The summed E-state index contributed by atoms with van der Waals surface area (Å²) in [6.45, 7) is 7.94. The Bertz CT molecular complexity index is 729. The first kappa shape index (κ1) is 20.6. The molecule has 1 aromatic carbocycles. The van der Waals surface area contributed by atoms with Crippen LogP contribution in [-0.4, -0.2) is 56.5 Å². The van der Waals surface area contributed by atoms with Gasteiger partial charge in [0, 0.05) is 26.7 Å². The number of nitrogens with one attached hydrogen (secondary N) is 1. The number of aliphatic imine (C=N–C) groups is 1. The van der Waals surface area contributed by atoms with Gasteiger partial charge in [0.15, 0.2) is 15.8 Å². The second kappa shape index (κ2) is 8.75. The van der Waals surface area contributed by atoms with E-state index in [-0.39, 0.29) is 5.75 Å². The molecular formula is C19H31N3O3S. The molecule has 146 valence electrons. The summed E-state index contributed by atoms with van der Waals surface area (Å²) in [5.41, 5.74) is 1.10. The zero-order valence-electron chi connectivity index (χ0n) is 16.3. The summed E-state index contributed by atoms with van der Waals surface area (Å²) in [5, 5.41) is 3.34. The molecule has 26 heavy (non-hydrogen) atoms. The SMILES string of the molecule is CCCCOc1cccc(CNC(=NC)N2CCS(=O)(=O)C(C)(C)C2)c1. The molecule has 1 saturated heterocycles. The van der Waals surface area contributed by atoms with Crippen LogP contribution in [0, 0.1) is 0 Å². The number of rotatable bonds is 6. The molecule has 0 aromatic heterocycles. The van der Waals surface area contributed by atoms with Crippen LogP contribution in [0.2, 0.25) is 0 Å². The van der Waals surface area contributed by atoms with Gasteiger partial charge in [-0.15, -0.1) is 0 Å². The first-order valence-corrected chi connectivity index (χ1v) is 10.8. The van der Waals surface area contributed by atoms with E-state index in [1.807, 2.05) is 29.2 Å². The molecule has 0 saturated carbocycles. The summed E-state index contributed by atoms with van der Waals surface area (Å²) >= 11 is 0. The minimum absolute atomic E-state index is 0.154. The van der Waals surface area contributed by atoms with E-state index in [1.165, 1.54) is 0 Å². The van der Waals surface area contributed by atoms with Crippen LogP contribution in [-0.2, 0) is 16.4 Å². The van der Waals surface area contributed by atoms with Crippen molar-refractivity contribution in [1.29, 1.82) is 0 Å². The molecule has 1 aliphatic heterocycles. The third-order valence-electron chi connectivity index (χ3n) is 4.67.